The molecule has 2 aromatic rings. The lowest BCUT2D eigenvalue weighted by Crippen LogP contribution is -2.28. The van der Waals surface area contributed by atoms with Crippen molar-refractivity contribution >= 4 is 35.2 Å². The zero-order valence-electron chi connectivity index (χ0n) is 13.3. The van der Waals surface area contributed by atoms with Crippen LogP contribution >= 0.6 is 23.4 Å². The fourth-order valence-corrected chi connectivity index (χ4v) is 2.85. The van der Waals surface area contributed by atoms with Crippen molar-refractivity contribution in [1.82, 2.24) is 5.32 Å². The largest absolute Gasteiger partial charge is 0.456 e. The van der Waals surface area contributed by atoms with Crippen LogP contribution < -0.4 is 5.32 Å². The van der Waals surface area contributed by atoms with Crippen LogP contribution in [0.15, 0.2) is 53.4 Å². The van der Waals surface area contributed by atoms with Crippen molar-refractivity contribution in [3.8, 4) is 0 Å². The minimum absolute atomic E-state index is 0.0511. The van der Waals surface area contributed by atoms with E-state index < -0.39 is 11.9 Å². The van der Waals surface area contributed by atoms with Gasteiger partial charge in [-0.1, -0.05) is 29.8 Å². The summed E-state index contributed by atoms with van der Waals surface area (Å²) >= 11 is 7.30. The topological polar surface area (TPSA) is 55.4 Å². The van der Waals surface area contributed by atoms with Gasteiger partial charge in [-0.05, 0) is 30.3 Å². The molecule has 0 radical (unpaired) electrons. The SMILES string of the molecule is O=C(COC(=O)CCSc1ccc(Cl)cc1)NCc1ccccc1F. The molecule has 0 saturated carbocycles. The summed E-state index contributed by atoms with van der Waals surface area (Å²) < 4.78 is 18.3. The van der Waals surface area contributed by atoms with Gasteiger partial charge < -0.3 is 10.1 Å². The van der Waals surface area contributed by atoms with Crippen molar-refractivity contribution in [2.75, 3.05) is 12.4 Å². The van der Waals surface area contributed by atoms with E-state index in [0.29, 0.717) is 16.3 Å². The predicted molar refractivity (Wildman–Crippen MR) is 96.0 cm³/mol. The Morgan fingerprint density at radius 2 is 1.84 bits per heavy atom. The molecule has 2 rings (SSSR count). The Hall–Kier alpha value is -2.05. The highest BCUT2D eigenvalue weighted by Crippen LogP contribution is 2.20. The van der Waals surface area contributed by atoms with Crippen LogP contribution in [0.25, 0.3) is 0 Å². The maximum Gasteiger partial charge on any atom is 0.307 e. The average molecular weight is 382 g/mol. The van der Waals surface area contributed by atoms with Gasteiger partial charge in [0.2, 0.25) is 0 Å². The first-order valence-electron chi connectivity index (χ1n) is 7.58. The summed E-state index contributed by atoms with van der Waals surface area (Å²) in [5.41, 5.74) is 0.376. The lowest BCUT2D eigenvalue weighted by atomic mass is 10.2. The van der Waals surface area contributed by atoms with Crippen LogP contribution in [0, 0.1) is 5.82 Å². The molecule has 0 saturated heterocycles. The second-order valence-electron chi connectivity index (χ2n) is 5.08. The zero-order valence-corrected chi connectivity index (χ0v) is 14.9. The van der Waals surface area contributed by atoms with Crippen molar-refractivity contribution in [3.63, 3.8) is 0 Å². The second kappa shape index (κ2) is 10.1. The number of esters is 1. The highest BCUT2D eigenvalue weighted by molar-refractivity contribution is 7.99. The molecule has 0 fully saturated rings. The monoisotopic (exact) mass is 381 g/mol. The Morgan fingerprint density at radius 3 is 2.56 bits per heavy atom. The van der Waals surface area contributed by atoms with E-state index in [0.717, 1.165) is 4.90 Å². The molecule has 7 heteroatoms. The molecule has 0 aliphatic rings. The third kappa shape index (κ3) is 7.15. The van der Waals surface area contributed by atoms with Crippen molar-refractivity contribution in [2.24, 2.45) is 0 Å². The van der Waals surface area contributed by atoms with Crippen LogP contribution in [-0.4, -0.2) is 24.2 Å². The Bertz CT molecular complexity index is 725. The molecule has 0 spiro atoms. The van der Waals surface area contributed by atoms with E-state index in [4.69, 9.17) is 16.3 Å². The normalized spacial score (nSPS) is 10.3. The molecule has 0 aliphatic carbocycles. The number of carbonyl (C=O) groups excluding carboxylic acids is 2. The number of hydrogen-bond donors (Lipinski definition) is 1. The smallest absolute Gasteiger partial charge is 0.307 e. The molecule has 0 aromatic heterocycles. The van der Waals surface area contributed by atoms with Crippen LogP contribution in [-0.2, 0) is 20.9 Å². The fraction of sp³-hybridized carbons (Fsp3) is 0.222. The minimum Gasteiger partial charge on any atom is -0.456 e. The molecule has 0 bridgehead atoms. The lowest BCUT2D eigenvalue weighted by molar-refractivity contribution is -0.148. The van der Waals surface area contributed by atoms with E-state index in [2.05, 4.69) is 5.32 Å². The van der Waals surface area contributed by atoms with E-state index in [-0.39, 0.29) is 25.4 Å². The number of amides is 1. The number of rotatable bonds is 8. The summed E-state index contributed by atoms with van der Waals surface area (Å²) in [5, 5.41) is 3.17. The first-order valence-corrected chi connectivity index (χ1v) is 8.95. The third-order valence-corrected chi connectivity index (χ3v) is 4.45. The van der Waals surface area contributed by atoms with Gasteiger partial charge in [-0.15, -0.1) is 11.8 Å². The summed E-state index contributed by atoms with van der Waals surface area (Å²) in [6.07, 6.45) is 0.188. The Balaban J connectivity index is 1.61. The third-order valence-electron chi connectivity index (χ3n) is 3.19. The maximum absolute atomic E-state index is 13.4. The van der Waals surface area contributed by atoms with E-state index >= 15 is 0 Å². The number of carbonyl (C=O) groups is 2. The van der Waals surface area contributed by atoms with Gasteiger partial charge in [-0.25, -0.2) is 4.39 Å². The fourth-order valence-electron chi connectivity index (χ4n) is 1.89. The molecule has 1 amide bonds. The van der Waals surface area contributed by atoms with Crippen molar-refractivity contribution < 1.29 is 18.7 Å². The van der Waals surface area contributed by atoms with Crippen molar-refractivity contribution in [3.05, 3.63) is 64.9 Å². The molecule has 4 nitrogen and oxygen atoms in total. The van der Waals surface area contributed by atoms with Gasteiger partial charge in [0.25, 0.3) is 5.91 Å². The number of ether oxygens (including phenoxy) is 1. The predicted octanol–water partition coefficient (Wildman–Crippen LogP) is 3.82. The van der Waals surface area contributed by atoms with Crippen LogP contribution in [0.1, 0.15) is 12.0 Å². The lowest BCUT2D eigenvalue weighted by Gasteiger charge is -2.07. The van der Waals surface area contributed by atoms with Gasteiger partial charge in [0.15, 0.2) is 6.61 Å². The molecule has 132 valence electrons. The molecule has 0 atom stereocenters. The van der Waals surface area contributed by atoms with E-state index in [9.17, 15) is 14.0 Å². The maximum atomic E-state index is 13.4. The quantitative estimate of drug-likeness (QED) is 0.558. The van der Waals surface area contributed by atoms with E-state index in [1.165, 1.54) is 17.8 Å². The molecule has 0 aliphatic heterocycles. The molecule has 0 unspecified atom stereocenters. The summed E-state index contributed by atoms with van der Waals surface area (Å²) in [6.45, 7) is -0.325. The average Bonchev–Trinajstić information content (AvgIpc) is 2.61. The van der Waals surface area contributed by atoms with E-state index in [1.54, 1.807) is 30.3 Å². The van der Waals surface area contributed by atoms with Crippen LogP contribution in [0.5, 0.6) is 0 Å². The molecule has 0 heterocycles. The number of thioether (sulfide) groups is 1. The number of hydrogen-bond acceptors (Lipinski definition) is 4. The first-order chi connectivity index (χ1) is 12.0. The molecule has 2 aromatic carbocycles. The summed E-state index contributed by atoms with van der Waals surface area (Å²) in [6, 6.07) is 13.5. The highest BCUT2D eigenvalue weighted by atomic mass is 35.5. The van der Waals surface area contributed by atoms with Gasteiger partial charge in [-0.3, -0.25) is 9.59 Å². The van der Waals surface area contributed by atoms with Gasteiger partial charge in [0, 0.05) is 27.8 Å². The number of nitrogens with one attached hydrogen (secondary N) is 1. The standard InChI is InChI=1S/C18H17ClFNO3S/c19-14-5-7-15(8-6-14)25-10-9-18(23)24-12-17(22)21-11-13-3-1-2-4-16(13)20/h1-8H,9-12H2,(H,21,22). The molecule has 25 heavy (non-hydrogen) atoms. The Labute approximate surface area is 154 Å². The van der Waals surface area contributed by atoms with Gasteiger partial charge in [0.1, 0.15) is 5.82 Å². The first kappa shape index (κ1) is 19.3. The summed E-state index contributed by atoms with van der Waals surface area (Å²) in [4.78, 5) is 24.3. The minimum atomic E-state index is -0.470. The van der Waals surface area contributed by atoms with Crippen LogP contribution in [0.3, 0.4) is 0 Å². The number of benzene rings is 2. The highest BCUT2D eigenvalue weighted by Gasteiger charge is 2.09. The van der Waals surface area contributed by atoms with Gasteiger partial charge in [-0.2, -0.15) is 0 Å². The van der Waals surface area contributed by atoms with Crippen LogP contribution in [0.2, 0.25) is 5.02 Å². The van der Waals surface area contributed by atoms with E-state index in [1.807, 2.05) is 12.1 Å². The van der Waals surface area contributed by atoms with Gasteiger partial charge >= 0.3 is 5.97 Å². The molecule has 1 N–H and O–H groups in total. The molecular formula is C18H17ClFNO3S. The Kier molecular flexibility index (Phi) is 7.76. The summed E-state index contributed by atoms with van der Waals surface area (Å²) in [7, 11) is 0. The zero-order chi connectivity index (χ0) is 18.1. The second-order valence-corrected chi connectivity index (χ2v) is 6.69. The van der Waals surface area contributed by atoms with Crippen molar-refractivity contribution in [1.29, 1.82) is 0 Å². The van der Waals surface area contributed by atoms with Crippen LogP contribution in [0.4, 0.5) is 4.39 Å². The van der Waals surface area contributed by atoms with Crippen molar-refractivity contribution in [2.45, 2.75) is 17.9 Å². The number of halogens is 2. The molecular weight excluding hydrogens is 365 g/mol. The summed E-state index contributed by atoms with van der Waals surface area (Å²) in [5.74, 6) is -0.777. The van der Waals surface area contributed by atoms with Gasteiger partial charge in [0.05, 0.1) is 6.42 Å². The Morgan fingerprint density at radius 1 is 1.12 bits per heavy atom.